The van der Waals surface area contributed by atoms with Crippen molar-refractivity contribution in [3.05, 3.63) is 53.1 Å². The molecule has 2 aromatic rings. The van der Waals surface area contributed by atoms with Crippen molar-refractivity contribution in [3.63, 3.8) is 0 Å². The molecule has 0 saturated heterocycles. The lowest BCUT2D eigenvalue weighted by Crippen LogP contribution is -2.47. The zero-order valence-electron chi connectivity index (χ0n) is 13.0. The molecule has 4 N–H and O–H groups in total. The minimum Gasteiger partial charge on any atom is -0.481 e. The van der Waals surface area contributed by atoms with E-state index in [2.05, 4.69) is 0 Å². The van der Waals surface area contributed by atoms with Gasteiger partial charge in [-0.1, -0.05) is 30.4 Å². The Bertz CT molecular complexity index is 1000. The number of hydrogen-bond donors (Lipinski definition) is 4. The third-order valence-corrected chi connectivity index (χ3v) is 4.58. The topological polar surface area (TPSA) is 149 Å². The fraction of sp³-hybridized carbons (Fsp3) is 0.111. The number of benzene rings is 2. The van der Waals surface area contributed by atoms with Crippen molar-refractivity contribution in [1.82, 2.24) is 0 Å². The molecule has 1 unspecified atom stereocenters. The highest BCUT2D eigenvalue weighted by atomic mass is 16.4. The predicted octanol–water partition coefficient (Wildman–Crippen LogP) is 1.89. The molecule has 132 valence electrons. The summed E-state index contributed by atoms with van der Waals surface area (Å²) in [7, 11) is 0. The molecule has 0 radical (unpaired) electrons. The first-order valence-corrected chi connectivity index (χ1v) is 7.39. The minimum absolute atomic E-state index is 0.0393. The van der Waals surface area contributed by atoms with Gasteiger partial charge in [-0.05, 0) is 34.0 Å². The fourth-order valence-electron chi connectivity index (χ4n) is 3.31. The molecule has 0 amide bonds. The predicted molar refractivity (Wildman–Crippen MR) is 88.0 cm³/mol. The summed E-state index contributed by atoms with van der Waals surface area (Å²) in [5.74, 6) is -8.09. The summed E-state index contributed by atoms with van der Waals surface area (Å²) < 4.78 is 0. The monoisotopic (exact) mass is 356 g/mol. The third-order valence-electron chi connectivity index (χ3n) is 4.58. The van der Waals surface area contributed by atoms with Crippen molar-refractivity contribution in [3.8, 4) is 0 Å². The first-order valence-electron chi connectivity index (χ1n) is 7.39. The van der Waals surface area contributed by atoms with Gasteiger partial charge < -0.3 is 20.4 Å². The van der Waals surface area contributed by atoms with Crippen molar-refractivity contribution in [2.75, 3.05) is 0 Å². The van der Waals surface area contributed by atoms with E-state index in [1.165, 1.54) is 36.4 Å². The van der Waals surface area contributed by atoms with Crippen LogP contribution in [0.5, 0.6) is 0 Å². The number of carboxylic acids is 4. The van der Waals surface area contributed by atoms with Gasteiger partial charge in [0.2, 0.25) is 0 Å². The molecule has 0 aromatic heterocycles. The molecule has 3 rings (SSSR count). The number of carboxylic acid groups (broad SMARTS) is 4. The Labute approximate surface area is 145 Å². The Balaban J connectivity index is 2.33. The molecule has 0 heterocycles. The highest BCUT2D eigenvalue weighted by Crippen LogP contribution is 2.46. The standard InChI is InChI=1S/C18H12O8/c19-14(20)9-2-3-10-8(7-9)1-4-12-11(10)5-6-18(16(23)24,17(25)26)13(12)15(21)22/h1-7,13H,(H,19,20)(H,21,22)(H,23,24)(H,25,26). The van der Waals surface area contributed by atoms with E-state index in [9.17, 15) is 34.5 Å². The lowest BCUT2D eigenvalue weighted by Gasteiger charge is -2.32. The first-order chi connectivity index (χ1) is 12.2. The molecular weight excluding hydrogens is 344 g/mol. The smallest absolute Gasteiger partial charge is 0.335 e. The van der Waals surface area contributed by atoms with Crippen molar-refractivity contribution in [2.45, 2.75) is 5.92 Å². The molecule has 1 aliphatic rings. The second kappa shape index (κ2) is 5.69. The summed E-state index contributed by atoms with van der Waals surface area (Å²) in [4.78, 5) is 46.2. The number of fused-ring (bicyclic) bond motifs is 3. The number of hydrogen-bond acceptors (Lipinski definition) is 4. The first kappa shape index (κ1) is 17.2. The van der Waals surface area contributed by atoms with Crippen LogP contribution < -0.4 is 0 Å². The van der Waals surface area contributed by atoms with Gasteiger partial charge in [-0.25, -0.2) is 4.79 Å². The van der Waals surface area contributed by atoms with Crippen LogP contribution in [0.3, 0.4) is 0 Å². The summed E-state index contributed by atoms with van der Waals surface area (Å²) in [6, 6.07) is 6.99. The van der Waals surface area contributed by atoms with E-state index in [0.29, 0.717) is 16.3 Å². The van der Waals surface area contributed by atoms with Crippen LogP contribution in [0, 0.1) is 5.41 Å². The molecule has 2 aromatic carbocycles. The Morgan fingerprint density at radius 2 is 1.54 bits per heavy atom. The molecule has 8 heteroatoms. The van der Waals surface area contributed by atoms with Crippen LogP contribution in [-0.4, -0.2) is 44.3 Å². The summed E-state index contributed by atoms with van der Waals surface area (Å²) in [6.45, 7) is 0. The van der Waals surface area contributed by atoms with Gasteiger partial charge in [0.15, 0.2) is 5.41 Å². The maximum atomic E-state index is 11.8. The Kier molecular flexibility index (Phi) is 3.76. The maximum Gasteiger partial charge on any atom is 0.335 e. The number of aliphatic carboxylic acids is 3. The van der Waals surface area contributed by atoms with Gasteiger partial charge in [0.25, 0.3) is 0 Å². The van der Waals surface area contributed by atoms with E-state index < -0.39 is 35.2 Å². The van der Waals surface area contributed by atoms with E-state index in [-0.39, 0.29) is 11.1 Å². The zero-order chi connectivity index (χ0) is 19.2. The van der Waals surface area contributed by atoms with Crippen LogP contribution >= 0.6 is 0 Å². The quantitative estimate of drug-likeness (QED) is 0.607. The summed E-state index contributed by atoms with van der Waals surface area (Å²) in [6.07, 6.45) is 2.13. The number of aromatic carboxylic acids is 1. The van der Waals surface area contributed by atoms with Gasteiger partial charge in [-0.2, -0.15) is 0 Å². The molecule has 26 heavy (non-hydrogen) atoms. The van der Waals surface area contributed by atoms with Crippen LogP contribution in [0.2, 0.25) is 0 Å². The van der Waals surface area contributed by atoms with Crippen LogP contribution in [0.1, 0.15) is 27.4 Å². The summed E-state index contributed by atoms with van der Waals surface area (Å²) >= 11 is 0. The minimum atomic E-state index is -2.63. The molecule has 8 nitrogen and oxygen atoms in total. The largest absolute Gasteiger partial charge is 0.481 e. The van der Waals surface area contributed by atoms with Crippen LogP contribution in [0.15, 0.2) is 36.4 Å². The second-order valence-corrected chi connectivity index (χ2v) is 5.89. The highest BCUT2D eigenvalue weighted by molar-refractivity contribution is 6.10. The third kappa shape index (κ3) is 2.23. The van der Waals surface area contributed by atoms with E-state index in [4.69, 9.17) is 5.11 Å². The molecule has 0 saturated carbocycles. The molecule has 0 aliphatic heterocycles. The zero-order valence-corrected chi connectivity index (χ0v) is 13.0. The van der Waals surface area contributed by atoms with Gasteiger partial charge >= 0.3 is 23.9 Å². The number of carbonyl (C=O) groups is 4. The Hall–Kier alpha value is -3.68. The average molecular weight is 356 g/mol. The van der Waals surface area contributed by atoms with Gasteiger partial charge in [0.1, 0.15) is 5.92 Å². The average Bonchev–Trinajstić information content (AvgIpc) is 2.58. The van der Waals surface area contributed by atoms with Crippen molar-refractivity contribution < 1.29 is 39.6 Å². The molecule has 0 fully saturated rings. The van der Waals surface area contributed by atoms with Gasteiger partial charge in [-0.3, -0.25) is 14.4 Å². The molecule has 0 bridgehead atoms. The molecule has 0 spiro atoms. The van der Waals surface area contributed by atoms with Crippen molar-refractivity contribution in [1.29, 1.82) is 0 Å². The Morgan fingerprint density at radius 3 is 2.08 bits per heavy atom. The molecule has 1 atom stereocenters. The maximum absolute atomic E-state index is 11.8. The van der Waals surface area contributed by atoms with Gasteiger partial charge in [0, 0.05) is 0 Å². The van der Waals surface area contributed by atoms with Crippen molar-refractivity contribution >= 4 is 40.7 Å². The SMILES string of the molecule is O=C(O)c1ccc2c3c(ccc2c1)C(C(=O)O)C(C(=O)O)(C(=O)O)C=C3. The summed E-state index contributed by atoms with van der Waals surface area (Å²) in [5.41, 5.74) is -2.20. The highest BCUT2D eigenvalue weighted by Gasteiger charge is 2.57. The van der Waals surface area contributed by atoms with Crippen LogP contribution in [0.4, 0.5) is 0 Å². The second-order valence-electron chi connectivity index (χ2n) is 5.89. The lowest BCUT2D eigenvalue weighted by atomic mass is 9.67. The van der Waals surface area contributed by atoms with Gasteiger partial charge in [-0.15, -0.1) is 0 Å². The van der Waals surface area contributed by atoms with E-state index >= 15 is 0 Å². The normalized spacial score (nSPS) is 17.5. The fourth-order valence-corrected chi connectivity index (χ4v) is 3.31. The van der Waals surface area contributed by atoms with E-state index in [1.807, 2.05) is 0 Å². The van der Waals surface area contributed by atoms with E-state index in [1.54, 1.807) is 0 Å². The van der Waals surface area contributed by atoms with Crippen molar-refractivity contribution in [2.24, 2.45) is 5.41 Å². The molecular formula is C18H12O8. The molecule has 1 aliphatic carbocycles. The lowest BCUT2D eigenvalue weighted by molar-refractivity contribution is -0.167. The number of rotatable bonds is 4. The van der Waals surface area contributed by atoms with Crippen LogP contribution in [-0.2, 0) is 14.4 Å². The van der Waals surface area contributed by atoms with Gasteiger partial charge in [0.05, 0.1) is 5.56 Å². The van der Waals surface area contributed by atoms with E-state index in [0.717, 1.165) is 6.08 Å². The summed E-state index contributed by atoms with van der Waals surface area (Å²) in [5, 5.41) is 38.6. The van der Waals surface area contributed by atoms with Crippen LogP contribution in [0.25, 0.3) is 16.8 Å². The Morgan fingerprint density at radius 1 is 0.885 bits per heavy atom.